The van der Waals surface area contributed by atoms with Crippen LogP contribution in [0.15, 0.2) is 47.9 Å². The van der Waals surface area contributed by atoms with Crippen molar-refractivity contribution in [1.82, 2.24) is 15.3 Å². The third-order valence-electron chi connectivity index (χ3n) is 4.66. The molecule has 2 aromatic rings. The van der Waals surface area contributed by atoms with Gasteiger partial charge in [-0.25, -0.2) is 4.39 Å². The van der Waals surface area contributed by atoms with Gasteiger partial charge in [0.25, 0.3) is 5.91 Å². The lowest BCUT2D eigenvalue weighted by atomic mass is 9.98. The molecule has 1 atom stereocenters. The lowest BCUT2D eigenvalue weighted by molar-refractivity contribution is 0.0880. The number of nitrogens with zero attached hydrogens (tertiary/aromatic N) is 2. The van der Waals surface area contributed by atoms with Crippen LogP contribution in [-0.4, -0.2) is 51.5 Å². The van der Waals surface area contributed by atoms with E-state index >= 15 is 0 Å². The molecular formula is C21H22ClFN4O3. The van der Waals surface area contributed by atoms with Gasteiger partial charge in [-0.15, -0.1) is 0 Å². The zero-order valence-electron chi connectivity index (χ0n) is 16.3. The summed E-state index contributed by atoms with van der Waals surface area (Å²) in [7, 11) is 0. The first kappa shape index (κ1) is 21.9. The third kappa shape index (κ3) is 5.02. The van der Waals surface area contributed by atoms with E-state index in [1.807, 2.05) is 6.92 Å². The van der Waals surface area contributed by atoms with Gasteiger partial charge in [-0.1, -0.05) is 17.7 Å². The Bertz CT molecular complexity index is 992. The Kier molecular flexibility index (Phi) is 7.15. The molecule has 1 unspecified atom stereocenters. The summed E-state index contributed by atoms with van der Waals surface area (Å²) >= 11 is 6.04. The normalized spacial score (nSPS) is 16.1. The zero-order chi connectivity index (χ0) is 21.7. The van der Waals surface area contributed by atoms with Crippen LogP contribution in [0.25, 0.3) is 5.57 Å². The molecule has 0 fully saturated rings. The molecule has 0 saturated carbocycles. The number of aliphatic hydroxyl groups excluding tert-OH is 2. The molecule has 1 amide bonds. The van der Waals surface area contributed by atoms with Crippen molar-refractivity contribution in [3.8, 4) is 0 Å². The van der Waals surface area contributed by atoms with Gasteiger partial charge in [0.15, 0.2) is 0 Å². The van der Waals surface area contributed by atoms with Gasteiger partial charge in [-0.05, 0) is 30.7 Å². The maximum absolute atomic E-state index is 14.4. The van der Waals surface area contributed by atoms with Crippen LogP contribution in [0.3, 0.4) is 0 Å². The zero-order valence-corrected chi connectivity index (χ0v) is 17.0. The van der Waals surface area contributed by atoms with E-state index in [-0.39, 0.29) is 12.0 Å². The fourth-order valence-corrected chi connectivity index (χ4v) is 3.14. The van der Waals surface area contributed by atoms with Crippen LogP contribution in [0.4, 0.5) is 15.8 Å². The molecule has 0 radical (unpaired) electrons. The van der Waals surface area contributed by atoms with E-state index < -0.39 is 31.3 Å². The van der Waals surface area contributed by atoms with E-state index in [9.17, 15) is 19.4 Å². The highest BCUT2D eigenvalue weighted by Gasteiger charge is 2.21. The average molecular weight is 433 g/mol. The molecule has 2 aromatic heterocycles. The van der Waals surface area contributed by atoms with Crippen molar-refractivity contribution in [1.29, 1.82) is 0 Å². The molecule has 2 heterocycles. The van der Waals surface area contributed by atoms with Crippen molar-refractivity contribution >= 4 is 34.5 Å². The number of aryl methyl sites for hydroxylation is 1. The number of nitrogens with one attached hydrogen (secondary N) is 2. The Morgan fingerprint density at radius 2 is 2.10 bits per heavy atom. The summed E-state index contributed by atoms with van der Waals surface area (Å²) in [4.78, 5) is 20.9. The summed E-state index contributed by atoms with van der Waals surface area (Å²) in [5.41, 5.74) is 2.96. The molecule has 0 aromatic carbocycles. The van der Waals surface area contributed by atoms with Crippen molar-refractivity contribution in [3.63, 3.8) is 0 Å². The number of anilines is 2. The lowest BCUT2D eigenvalue weighted by Gasteiger charge is -2.18. The van der Waals surface area contributed by atoms with Crippen molar-refractivity contribution in [3.05, 3.63) is 64.7 Å². The molecule has 0 aliphatic heterocycles. The van der Waals surface area contributed by atoms with E-state index in [1.54, 1.807) is 30.5 Å². The van der Waals surface area contributed by atoms with Crippen LogP contribution in [0.1, 0.15) is 28.0 Å². The van der Waals surface area contributed by atoms with E-state index in [4.69, 9.17) is 11.6 Å². The molecule has 3 rings (SSSR count). The van der Waals surface area contributed by atoms with Gasteiger partial charge in [0.1, 0.15) is 6.17 Å². The second-order valence-electron chi connectivity index (χ2n) is 6.86. The van der Waals surface area contributed by atoms with Crippen molar-refractivity contribution < 1.29 is 19.4 Å². The minimum atomic E-state index is -1.20. The molecule has 0 bridgehead atoms. The number of rotatable bonds is 7. The number of pyridine rings is 2. The minimum Gasteiger partial charge on any atom is -0.394 e. The van der Waals surface area contributed by atoms with Gasteiger partial charge >= 0.3 is 0 Å². The van der Waals surface area contributed by atoms with Crippen LogP contribution in [-0.2, 0) is 0 Å². The number of alkyl halides is 1. The molecule has 0 saturated heterocycles. The smallest absolute Gasteiger partial charge is 0.255 e. The summed E-state index contributed by atoms with van der Waals surface area (Å²) in [6.07, 6.45) is 6.70. The molecule has 1 aliphatic carbocycles. The highest BCUT2D eigenvalue weighted by Crippen LogP contribution is 2.32. The van der Waals surface area contributed by atoms with Crippen molar-refractivity contribution in [2.24, 2.45) is 0 Å². The molecular weight excluding hydrogens is 411 g/mol. The number of allylic oxidation sites excluding steroid dienone is 4. The Labute approximate surface area is 178 Å². The molecule has 4 N–H and O–H groups in total. The maximum Gasteiger partial charge on any atom is 0.255 e. The number of aliphatic hydroxyl groups is 2. The minimum absolute atomic E-state index is 0.189. The lowest BCUT2D eigenvalue weighted by Crippen LogP contribution is -2.40. The summed E-state index contributed by atoms with van der Waals surface area (Å²) in [5, 5.41) is 24.6. The summed E-state index contributed by atoms with van der Waals surface area (Å²) < 4.78 is 14.4. The van der Waals surface area contributed by atoms with E-state index in [0.717, 1.165) is 5.56 Å². The third-order valence-corrected chi connectivity index (χ3v) is 4.92. The first-order chi connectivity index (χ1) is 14.4. The SMILES string of the molecule is Cc1cnc(C2=CC(Cl)=CCC2F)cc1Nc1ccncc1C(=O)NC(CO)CO. The highest BCUT2D eigenvalue weighted by atomic mass is 35.5. The van der Waals surface area contributed by atoms with Crippen LogP contribution in [0.5, 0.6) is 0 Å². The van der Waals surface area contributed by atoms with E-state index in [0.29, 0.717) is 27.7 Å². The van der Waals surface area contributed by atoms with E-state index in [1.165, 1.54) is 12.4 Å². The Balaban J connectivity index is 1.90. The maximum atomic E-state index is 14.4. The molecule has 7 nitrogen and oxygen atoms in total. The van der Waals surface area contributed by atoms with Gasteiger partial charge < -0.3 is 20.8 Å². The fourth-order valence-electron chi connectivity index (χ4n) is 2.93. The number of amides is 1. The van der Waals surface area contributed by atoms with Gasteiger partial charge in [-0.3, -0.25) is 14.8 Å². The predicted octanol–water partition coefficient (Wildman–Crippen LogP) is 2.86. The highest BCUT2D eigenvalue weighted by molar-refractivity contribution is 6.31. The van der Waals surface area contributed by atoms with Gasteiger partial charge in [0.2, 0.25) is 0 Å². The number of hydrogen-bond donors (Lipinski definition) is 4. The number of carbonyl (C=O) groups excluding carboxylic acids is 1. The molecule has 158 valence electrons. The Morgan fingerprint density at radius 1 is 1.33 bits per heavy atom. The quantitative estimate of drug-likeness (QED) is 0.536. The largest absolute Gasteiger partial charge is 0.394 e. The average Bonchev–Trinajstić information content (AvgIpc) is 2.75. The standard InChI is InChI=1S/C21H22ClFN4O3/c1-12-8-25-20(15-6-13(22)2-3-17(15)23)7-19(12)27-18-4-5-24-9-16(18)21(30)26-14(10-28)11-29/h2,4-9,14,17,28-29H,3,10-11H2,1H3,(H,26,30)(H,24,25,27). The number of halogens is 2. The topological polar surface area (TPSA) is 107 Å². The van der Waals surface area contributed by atoms with Crippen LogP contribution in [0, 0.1) is 6.92 Å². The van der Waals surface area contributed by atoms with Crippen LogP contribution in [0.2, 0.25) is 0 Å². The monoisotopic (exact) mass is 432 g/mol. The van der Waals surface area contributed by atoms with Crippen molar-refractivity contribution in [2.45, 2.75) is 25.6 Å². The summed E-state index contributed by atoms with van der Waals surface area (Å²) in [6.45, 7) is 1.05. The predicted molar refractivity (Wildman–Crippen MR) is 113 cm³/mol. The summed E-state index contributed by atoms with van der Waals surface area (Å²) in [5.74, 6) is -0.499. The number of aromatic nitrogens is 2. The second kappa shape index (κ2) is 9.80. The molecule has 1 aliphatic rings. The van der Waals surface area contributed by atoms with Crippen molar-refractivity contribution in [2.75, 3.05) is 18.5 Å². The first-order valence-electron chi connectivity index (χ1n) is 9.35. The molecule has 30 heavy (non-hydrogen) atoms. The fraction of sp³-hybridized carbons (Fsp3) is 0.286. The second-order valence-corrected chi connectivity index (χ2v) is 7.29. The first-order valence-corrected chi connectivity index (χ1v) is 9.72. The Morgan fingerprint density at radius 3 is 2.83 bits per heavy atom. The molecule has 0 spiro atoms. The van der Waals surface area contributed by atoms with E-state index in [2.05, 4.69) is 20.6 Å². The van der Waals surface area contributed by atoms with Crippen LogP contribution >= 0.6 is 11.6 Å². The summed E-state index contributed by atoms with van der Waals surface area (Å²) in [6, 6.07) is 2.55. The van der Waals surface area contributed by atoms with Gasteiger partial charge in [0.05, 0.1) is 36.2 Å². The number of carbonyl (C=O) groups is 1. The molecule has 9 heteroatoms. The van der Waals surface area contributed by atoms with Gasteiger partial charge in [-0.2, -0.15) is 0 Å². The number of hydrogen-bond acceptors (Lipinski definition) is 6. The van der Waals surface area contributed by atoms with Gasteiger partial charge in [0, 0.05) is 41.3 Å². The Hall–Kier alpha value is -2.81. The van der Waals surface area contributed by atoms with Crippen LogP contribution < -0.4 is 10.6 Å².